The van der Waals surface area contributed by atoms with E-state index in [2.05, 4.69) is 10.6 Å². The number of carbonyl (C=O) groups is 2. The van der Waals surface area contributed by atoms with Gasteiger partial charge in [0, 0.05) is 32.3 Å². The van der Waals surface area contributed by atoms with Gasteiger partial charge < -0.3 is 15.4 Å². The van der Waals surface area contributed by atoms with Crippen LogP contribution in [0.4, 0.5) is 5.69 Å². The van der Waals surface area contributed by atoms with Gasteiger partial charge in [0.15, 0.2) is 0 Å². The molecule has 2 aromatic rings. The van der Waals surface area contributed by atoms with Crippen LogP contribution in [0.15, 0.2) is 47.4 Å². The highest BCUT2D eigenvalue weighted by molar-refractivity contribution is 7.89. The number of hydrogen-bond donors (Lipinski definition) is 2. The molecule has 0 aromatic heterocycles. The fraction of sp³-hybridized carbons (Fsp3) is 0.391. The van der Waals surface area contributed by atoms with Crippen molar-refractivity contribution in [3.8, 4) is 0 Å². The fourth-order valence-electron chi connectivity index (χ4n) is 3.61. The maximum atomic E-state index is 13.2. The van der Waals surface area contributed by atoms with Gasteiger partial charge >= 0.3 is 0 Å². The van der Waals surface area contributed by atoms with Gasteiger partial charge in [-0.25, -0.2) is 8.42 Å². The molecule has 0 radical (unpaired) electrons. The molecule has 0 saturated carbocycles. The number of halogens is 1. The minimum atomic E-state index is -3.83. The Kier molecular flexibility index (Phi) is 8.85. The van der Waals surface area contributed by atoms with Crippen molar-refractivity contribution in [2.24, 2.45) is 0 Å². The topological polar surface area (TPSA) is 105 Å². The van der Waals surface area contributed by atoms with Gasteiger partial charge in [-0.05, 0) is 43.2 Å². The predicted molar refractivity (Wildman–Crippen MR) is 127 cm³/mol. The Morgan fingerprint density at radius 3 is 2.42 bits per heavy atom. The number of nitrogens with one attached hydrogen (secondary N) is 2. The summed E-state index contributed by atoms with van der Waals surface area (Å²) in [7, 11) is -2.30. The van der Waals surface area contributed by atoms with Crippen molar-refractivity contribution in [1.29, 1.82) is 0 Å². The molecule has 178 valence electrons. The molecule has 1 saturated heterocycles. The fourth-order valence-corrected chi connectivity index (χ4v) is 5.63. The van der Waals surface area contributed by atoms with Crippen LogP contribution in [0.25, 0.3) is 0 Å². The molecule has 2 amide bonds. The minimum absolute atomic E-state index is 0.0636. The first kappa shape index (κ1) is 25.2. The van der Waals surface area contributed by atoms with Crippen molar-refractivity contribution in [3.05, 3.63) is 58.6 Å². The number of rotatable bonds is 8. The molecule has 0 bridgehead atoms. The summed E-state index contributed by atoms with van der Waals surface area (Å²) in [5.74, 6) is -0.903. The Labute approximate surface area is 199 Å². The zero-order valence-electron chi connectivity index (χ0n) is 18.5. The lowest BCUT2D eigenvalue weighted by atomic mass is 10.1. The number of methoxy groups -OCH3 is 1. The van der Waals surface area contributed by atoms with Gasteiger partial charge in [-0.3, -0.25) is 9.59 Å². The summed E-state index contributed by atoms with van der Waals surface area (Å²) in [5.41, 5.74) is 0.722. The number of ether oxygens (including phenoxy) is 1. The highest BCUT2D eigenvalue weighted by atomic mass is 35.5. The van der Waals surface area contributed by atoms with Crippen molar-refractivity contribution in [2.75, 3.05) is 38.7 Å². The molecule has 1 aliphatic rings. The van der Waals surface area contributed by atoms with Crippen molar-refractivity contribution < 1.29 is 22.7 Å². The predicted octanol–water partition coefficient (Wildman–Crippen LogP) is 3.53. The number of benzene rings is 2. The number of sulfonamides is 1. The van der Waals surface area contributed by atoms with Crippen LogP contribution in [-0.4, -0.2) is 57.9 Å². The van der Waals surface area contributed by atoms with Crippen LogP contribution in [-0.2, 0) is 14.8 Å². The lowest BCUT2D eigenvalue weighted by Gasteiger charge is -2.21. The molecular weight excluding hydrogens is 466 g/mol. The molecular formula is C23H28ClN3O5S. The zero-order chi connectivity index (χ0) is 23.8. The Bertz CT molecular complexity index is 1100. The first-order valence-corrected chi connectivity index (χ1v) is 12.6. The van der Waals surface area contributed by atoms with E-state index in [4.69, 9.17) is 16.3 Å². The molecule has 1 heterocycles. The van der Waals surface area contributed by atoms with E-state index in [1.807, 2.05) is 0 Å². The summed E-state index contributed by atoms with van der Waals surface area (Å²) < 4.78 is 32.8. The largest absolute Gasteiger partial charge is 0.383 e. The van der Waals surface area contributed by atoms with Crippen molar-refractivity contribution in [1.82, 2.24) is 9.62 Å². The Morgan fingerprint density at radius 2 is 1.73 bits per heavy atom. The summed E-state index contributed by atoms with van der Waals surface area (Å²) in [5, 5.41) is 5.48. The van der Waals surface area contributed by atoms with Crippen LogP contribution < -0.4 is 10.6 Å². The summed E-state index contributed by atoms with van der Waals surface area (Å²) in [4.78, 5) is 25.3. The molecule has 0 atom stereocenters. The number of hydrogen-bond acceptors (Lipinski definition) is 5. The molecule has 2 aromatic carbocycles. The van der Waals surface area contributed by atoms with Crippen LogP contribution in [0.3, 0.4) is 0 Å². The van der Waals surface area contributed by atoms with E-state index in [-0.39, 0.29) is 27.0 Å². The molecule has 8 nitrogen and oxygen atoms in total. The monoisotopic (exact) mass is 493 g/mol. The molecule has 0 spiro atoms. The number of anilines is 1. The van der Waals surface area contributed by atoms with Gasteiger partial charge in [0.2, 0.25) is 10.0 Å². The van der Waals surface area contributed by atoms with Gasteiger partial charge in [0.25, 0.3) is 11.8 Å². The lowest BCUT2D eigenvalue weighted by Crippen LogP contribution is -2.32. The van der Waals surface area contributed by atoms with Gasteiger partial charge in [0.1, 0.15) is 4.90 Å². The zero-order valence-corrected chi connectivity index (χ0v) is 20.0. The number of para-hydroxylation sites is 1. The van der Waals surface area contributed by atoms with Crippen LogP contribution >= 0.6 is 11.6 Å². The smallest absolute Gasteiger partial charge is 0.255 e. The van der Waals surface area contributed by atoms with E-state index in [1.54, 1.807) is 24.3 Å². The molecule has 1 fully saturated rings. The first-order chi connectivity index (χ1) is 15.8. The summed E-state index contributed by atoms with van der Waals surface area (Å²) in [6, 6.07) is 10.7. The van der Waals surface area contributed by atoms with E-state index >= 15 is 0 Å². The van der Waals surface area contributed by atoms with Crippen molar-refractivity contribution in [2.45, 2.75) is 30.6 Å². The Morgan fingerprint density at radius 1 is 1.03 bits per heavy atom. The van der Waals surface area contributed by atoms with Gasteiger partial charge in [0.05, 0.1) is 22.9 Å². The summed E-state index contributed by atoms with van der Waals surface area (Å²) in [6.45, 7) is 1.55. The lowest BCUT2D eigenvalue weighted by molar-refractivity contribution is 0.0938. The van der Waals surface area contributed by atoms with Crippen molar-refractivity contribution in [3.63, 3.8) is 0 Å². The number of amides is 2. The highest BCUT2D eigenvalue weighted by Crippen LogP contribution is 2.28. The number of nitrogens with zero attached hydrogens (tertiary/aromatic N) is 1. The third-order valence-corrected chi connectivity index (χ3v) is 7.77. The first-order valence-electron chi connectivity index (χ1n) is 10.8. The Hall–Kier alpha value is -2.46. The maximum absolute atomic E-state index is 13.2. The second kappa shape index (κ2) is 11.6. The minimum Gasteiger partial charge on any atom is -0.383 e. The van der Waals surface area contributed by atoms with Crippen molar-refractivity contribution >= 4 is 39.1 Å². The van der Waals surface area contributed by atoms with E-state index < -0.39 is 15.9 Å². The molecule has 1 aliphatic heterocycles. The van der Waals surface area contributed by atoms with Crippen LogP contribution in [0.1, 0.15) is 46.4 Å². The van der Waals surface area contributed by atoms with Crippen LogP contribution in [0, 0.1) is 0 Å². The molecule has 3 rings (SSSR count). The normalized spacial score (nSPS) is 15.0. The second-order valence-corrected chi connectivity index (χ2v) is 10.0. The van der Waals surface area contributed by atoms with Gasteiger partial charge in [-0.2, -0.15) is 4.31 Å². The molecule has 2 N–H and O–H groups in total. The van der Waals surface area contributed by atoms with E-state index in [1.165, 1.54) is 29.6 Å². The van der Waals surface area contributed by atoms with Gasteiger partial charge in [-0.15, -0.1) is 0 Å². The molecule has 0 aliphatic carbocycles. The third-order valence-electron chi connectivity index (χ3n) is 5.39. The second-order valence-electron chi connectivity index (χ2n) is 7.71. The van der Waals surface area contributed by atoms with E-state index in [9.17, 15) is 18.0 Å². The SMILES string of the molecule is COCCNC(=O)c1ccccc1NC(=O)c1ccc(Cl)c(S(=O)(=O)N2CCCCCC2)c1. The average Bonchev–Trinajstić information content (AvgIpc) is 3.10. The quantitative estimate of drug-likeness (QED) is 0.547. The third kappa shape index (κ3) is 6.32. The molecule has 10 heteroatoms. The van der Waals surface area contributed by atoms with Gasteiger partial charge in [-0.1, -0.05) is 36.6 Å². The number of carbonyl (C=O) groups excluding carboxylic acids is 2. The van der Waals surface area contributed by atoms with Crippen LogP contribution in [0.2, 0.25) is 5.02 Å². The maximum Gasteiger partial charge on any atom is 0.255 e. The highest BCUT2D eigenvalue weighted by Gasteiger charge is 2.28. The van der Waals surface area contributed by atoms with Crippen LogP contribution in [0.5, 0.6) is 0 Å². The molecule has 0 unspecified atom stereocenters. The van der Waals surface area contributed by atoms with E-state index in [0.29, 0.717) is 31.9 Å². The average molecular weight is 494 g/mol. The standard InChI is InChI=1S/C23H28ClN3O5S/c1-32-15-12-25-23(29)18-8-4-5-9-20(18)26-22(28)17-10-11-19(24)21(16-17)33(30,31)27-13-6-2-3-7-14-27/h4-5,8-11,16H,2-3,6-7,12-15H2,1H3,(H,25,29)(H,26,28). The van der Waals surface area contributed by atoms with E-state index in [0.717, 1.165) is 25.7 Å². The molecule has 33 heavy (non-hydrogen) atoms. The Balaban J connectivity index is 1.83. The summed E-state index contributed by atoms with van der Waals surface area (Å²) in [6.07, 6.45) is 3.56. The summed E-state index contributed by atoms with van der Waals surface area (Å²) >= 11 is 6.23.